The standard InChI is InChI=1S/C19H27N5O3/c1-3-24(4-2)12-11-20-19(25)21-15-7-9-16(10-8-15)26-13-17-22-18(27-23-17)14-5-6-14/h7-10,14H,3-6,11-13H2,1-2H3,(H2,20,21,25). The van der Waals surface area contributed by atoms with E-state index in [1.165, 1.54) is 0 Å². The highest BCUT2D eigenvalue weighted by atomic mass is 16.5. The molecule has 1 fully saturated rings. The van der Waals surface area contributed by atoms with Gasteiger partial charge in [0.05, 0.1) is 0 Å². The van der Waals surface area contributed by atoms with Gasteiger partial charge in [0.25, 0.3) is 0 Å². The average molecular weight is 373 g/mol. The first kappa shape index (κ1) is 19.2. The second-order valence-corrected chi connectivity index (χ2v) is 6.54. The Morgan fingerprint density at radius 2 is 2.00 bits per heavy atom. The van der Waals surface area contributed by atoms with Crippen molar-refractivity contribution >= 4 is 11.7 Å². The molecule has 1 aliphatic carbocycles. The number of aromatic nitrogens is 2. The van der Waals surface area contributed by atoms with Gasteiger partial charge < -0.3 is 24.8 Å². The van der Waals surface area contributed by atoms with Crippen molar-refractivity contribution in [2.45, 2.75) is 39.2 Å². The third-order valence-corrected chi connectivity index (χ3v) is 4.50. The van der Waals surface area contributed by atoms with Gasteiger partial charge in [0.2, 0.25) is 11.7 Å². The second kappa shape index (κ2) is 9.36. The fraction of sp³-hybridized carbons (Fsp3) is 0.526. The molecular weight excluding hydrogens is 346 g/mol. The van der Waals surface area contributed by atoms with Crippen LogP contribution in [0, 0.1) is 0 Å². The van der Waals surface area contributed by atoms with Crippen molar-refractivity contribution in [3.8, 4) is 5.75 Å². The minimum Gasteiger partial charge on any atom is -0.485 e. The first-order valence-corrected chi connectivity index (χ1v) is 9.50. The summed E-state index contributed by atoms with van der Waals surface area (Å²) in [7, 11) is 0. The Labute approximate surface area is 159 Å². The van der Waals surface area contributed by atoms with Crippen molar-refractivity contribution in [1.82, 2.24) is 20.4 Å². The first-order valence-electron chi connectivity index (χ1n) is 9.50. The van der Waals surface area contributed by atoms with Crippen molar-refractivity contribution in [3.05, 3.63) is 36.0 Å². The highest BCUT2D eigenvalue weighted by Gasteiger charge is 2.29. The quantitative estimate of drug-likeness (QED) is 0.665. The second-order valence-electron chi connectivity index (χ2n) is 6.54. The number of ether oxygens (including phenoxy) is 1. The van der Waals surface area contributed by atoms with Gasteiger partial charge in [-0.1, -0.05) is 19.0 Å². The molecule has 2 aromatic rings. The molecule has 0 atom stereocenters. The van der Waals surface area contributed by atoms with Gasteiger partial charge >= 0.3 is 6.03 Å². The Bertz CT molecular complexity index is 723. The number of carbonyl (C=O) groups is 1. The van der Waals surface area contributed by atoms with Crippen LogP contribution >= 0.6 is 0 Å². The van der Waals surface area contributed by atoms with Crippen LogP contribution in [-0.4, -0.2) is 47.3 Å². The van der Waals surface area contributed by atoms with Crippen LogP contribution in [0.5, 0.6) is 5.75 Å². The fourth-order valence-corrected chi connectivity index (χ4v) is 2.65. The molecule has 8 nitrogen and oxygen atoms in total. The SMILES string of the molecule is CCN(CC)CCNC(=O)Nc1ccc(OCc2noc(C3CC3)n2)cc1. The van der Waals surface area contributed by atoms with Crippen molar-refractivity contribution in [2.75, 3.05) is 31.5 Å². The zero-order valence-corrected chi connectivity index (χ0v) is 15.9. The monoisotopic (exact) mass is 373 g/mol. The highest BCUT2D eigenvalue weighted by Crippen LogP contribution is 2.38. The summed E-state index contributed by atoms with van der Waals surface area (Å²) >= 11 is 0. The largest absolute Gasteiger partial charge is 0.485 e. The van der Waals surface area contributed by atoms with Crippen LogP contribution in [0.25, 0.3) is 0 Å². The minimum atomic E-state index is -0.213. The number of rotatable bonds is 10. The maximum absolute atomic E-state index is 11.9. The van der Waals surface area contributed by atoms with E-state index in [2.05, 4.69) is 39.5 Å². The van der Waals surface area contributed by atoms with Crippen molar-refractivity contribution in [3.63, 3.8) is 0 Å². The van der Waals surface area contributed by atoms with E-state index in [9.17, 15) is 4.79 Å². The summed E-state index contributed by atoms with van der Waals surface area (Å²) in [4.78, 5) is 18.5. The van der Waals surface area contributed by atoms with Crippen LogP contribution < -0.4 is 15.4 Å². The fourth-order valence-electron chi connectivity index (χ4n) is 2.65. The molecule has 0 saturated heterocycles. The van der Waals surface area contributed by atoms with Crippen LogP contribution in [0.2, 0.25) is 0 Å². The Morgan fingerprint density at radius 1 is 1.26 bits per heavy atom. The molecule has 0 bridgehead atoms. The molecule has 2 amide bonds. The Balaban J connectivity index is 1.39. The molecule has 27 heavy (non-hydrogen) atoms. The summed E-state index contributed by atoms with van der Waals surface area (Å²) in [5.41, 5.74) is 0.707. The summed E-state index contributed by atoms with van der Waals surface area (Å²) in [6.07, 6.45) is 2.25. The molecule has 8 heteroatoms. The molecule has 1 aromatic carbocycles. The lowest BCUT2D eigenvalue weighted by molar-refractivity contribution is 0.248. The molecular formula is C19H27N5O3. The lowest BCUT2D eigenvalue weighted by Crippen LogP contribution is -2.36. The molecule has 1 saturated carbocycles. The van der Waals surface area contributed by atoms with E-state index in [1.54, 1.807) is 24.3 Å². The predicted molar refractivity (Wildman–Crippen MR) is 102 cm³/mol. The summed E-state index contributed by atoms with van der Waals surface area (Å²) < 4.78 is 10.9. The van der Waals surface area contributed by atoms with Crippen LogP contribution in [0.3, 0.4) is 0 Å². The van der Waals surface area contributed by atoms with E-state index in [-0.39, 0.29) is 12.6 Å². The van der Waals surface area contributed by atoms with Crippen LogP contribution in [-0.2, 0) is 6.61 Å². The van der Waals surface area contributed by atoms with Crippen molar-refractivity contribution in [2.24, 2.45) is 0 Å². The van der Waals surface area contributed by atoms with Gasteiger partial charge in [0.15, 0.2) is 6.61 Å². The molecule has 0 radical (unpaired) electrons. The zero-order valence-electron chi connectivity index (χ0n) is 15.9. The van der Waals surface area contributed by atoms with Crippen molar-refractivity contribution in [1.29, 1.82) is 0 Å². The molecule has 1 aromatic heterocycles. The normalized spacial score (nSPS) is 13.6. The molecule has 1 heterocycles. The number of urea groups is 1. The number of nitrogens with zero attached hydrogens (tertiary/aromatic N) is 3. The molecule has 3 rings (SSSR count). The average Bonchev–Trinajstić information content (AvgIpc) is 3.43. The lowest BCUT2D eigenvalue weighted by Gasteiger charge is -2.18. The first-order chi connectivity index (χ1) is 13.2. The molecule has 1 aliphatic rings. The van der Waals surface area contributed by atoms with Crippen LogP contribution in [0.4, 0.5) is 10.5 Å². The van der Waals surface area contributed by atoms with Crippen molar-refractivity contribution < 1.29 is 14.1 Å². The van der Waals surface area contributed by atoms with E-state index in [0.717, 1.165) is 32.5 Å². The van der Waals surface area contributed by atoms with Gasteiger partial charge in [-0.15, -0.1) is 0 Å². The van der Waals surface area contributed by atoms with Gasteiger partial charge in [0, 0.05) is 24.7 Å². The Kier molecular flexibility index (Phi) is 6.64. The number of benzene rings is 1. The molecule has 146 valence electrons. The summed E-state index contributed by atoms with van der Waals surface area (Å²) in [5, 5.41) is 9.59. The van der Waals surface area contributed by atoms with Crippen LogP contribution in [0.1, 0.15) is 44.3 Å². The van der Waals surface area contributed by atoms with Gasteiger partial charge in [0.1, 0.15) is 5.75 Å². The number of hydrogen-bond donors (Lipinski definition) is 2. The third kappa shape index (κ3) is 5.96. The van der Waals surface area contributed by atoms with Gasteiger partial charge in [-0.2, -0.15) is 4.98 Å². The number of amides is 2. The lowest BCUT2D eigenvalue weighted by atomic mass is 10.3. The Morgan fingerprint density at radius 3 is 2.67 bits per heavy atom. The number of carbonyl (C=O) groups excluding carboxylic acids is 1. The number of hydrogen-bond acceptors (Lipinski definition) is 6. The minimum absolute atomic E-state index is 0.213. The Hall–Kier alpha value is -2.61. The molecule has 0 spiro atoms. The molecule has 0 aliphatic heterocycles. The number of likely N-dealkylation sites (N-methyl/N-ethyl adjacent to an activating group) is 1. The van der Waals surface area contributed by atoms with E-state index >= 15 is 0 Å². The number of nitrogens with one attached hydrogen (secondary N) is 2. The van der Waals surface area contributed by atoms with E-state index < -0.39 is 0 Å². The predicted octanol–water partition coefficient (Wildman–Crippen LogP) is 2.99. The van der Waals surface area contributed by atoms with Crippen LogP contribution in [0.15, 0.2) is 28.8 Å². The third-order valence-electron chi connectivity index (χ3n) is 4.50. The summed E-state index contributed by atoms with van der Waals surface area (Å²) in [5.74, 6) is 2.38. The van der Waals surface area contributed by atoms with Gasteiger partial charge in [-0.25, -0.2) is 4.79 Å². The topological polar surface area (TPSA) is 92.5 Å². The molecule has 0 unspecified atom stereocenters. The maximum Gasteiger partial charge on any atom is 0.319 e. The maximum atomic E-state index is 11.9. The number of anilines is 1. The van der Waals surface area contributed by atoms with E-state index in [1.807, 2.05) is 0 Å². The van der Waals surface area contributed by atoms with E-state index in [0.29, 0.717) is 35.6 Å². The molecule has 2 N–H and O–H groups in total. The summed E-state index contributed by atoms with van der Waals surface area (Å²) in [6, 6.07) is 6.98. The highest BCUT2D eigenvalue weighted by molar-refractivity contribution is 5.89. The smallest absolute Gasteiger partial charge is 0.319 e. The summed E-state index contributed by atoms with van der Waals surface area (Å²) in [6.45, 7) is 7.89. The van der Waals surface area contributed by atoms with Gasteiger partial charge in [-0.05, 0) is 50.2 Å². The zero-order chi connectivity index (χ0) is 19.1. The van der Waals surface area contributed by atoms with E-state index in [4.69, 9.17) is 9.26 Å². The van der Waals surface area contributed by atoms with Gasteiger partial charge in [-0.3, -0.25) is 0 Å².